The number of thiophene rings is 1. The Morgan fingerprint density at radius 1 is 1.16 bits per heavy atom. The SMILES string of the molecule is CCOc1ccc(NC(=O)CCC(=O)c2cc(C)sc2C)cc1S(=O)(=O)N1CCOCC1. The summed E-state index contributed by atoms with van der Waals surface area (Å²) in [6.07, 6.45) is 0.0880. The number of carbonyl (C=O) groups excluding carboxylic acids is 2. The molecule has 0 radical (unpaired) electrons. The van der Waals surface area contributed by atoms with Crippen LogP contribution in [0.25, 0.3) is 0 Å². The fraction of sp³-hybridized carbons (Fsp3) is 0.455. The van der Waals surface area contributed by atoms with E-state index in [0.717, 1.165) is 9.75 Å². The summed E-state index contributed by atoms with van der Waals surface area (Å²) < 4.78 is 38.4. The summed E-state index contributed by atoms with van der Waals surface area (Å²) in [5.41, 5.74) is 0.987. The average Bonchev–Trinajstić information content (AvgIpc) is 3.11. The molecule has 0 saturated carbocycles. The van der Waals surface area contributed by atoms with Gasteiger partial charge < -0.3 is 14.8 Å². The first-order valence-electron chi connectivity index (χ1n) is 10.5. The Hall–Kier alpha value is -2.27. The topological polar surface area (TPSA) is 102 Å². The molecule has 1 amide bonds. The zero-order valence-corrected chi connectivity index (χ0v) is 20.1. The van der Waals surface area contributed by atoms with E-state index in [1.807, 2.05) is 19.9 Å². The van der Waals surface area contributed by atoms with Crippen LogP contribution in [0.15, 0.2) is 29.2 Å². The number of ketones is 1. The summed E-state index contributed by atoms with van der Waals surface area (Å²) in [4.78, 5) is 26.9. The van der Waals surface area contributed by atoms with Crippen LogP contribution in [0.3, 0.4) is 0 Å². The first kappa shape index (κ1) is 24.4. The summed E-state index contributed by atoms with van der Waals surface area (Å²) in [5.74, 6) is -0.207. The maximum atomic E-state index is 13.2. The van der Waals surface area contributed by atoms with Gasteiger partial charge in [-0.15, -0.1) is 11.3 Å². The lowest BCUT2D eigenvalue weighted by Gasteiger charge is -2.27. The van der Waals surface area contributed by atoms with Crippen molar-refractivity contribution < 1.29 is 27.5 Å². The number of hydrogen-bond acceptors (Lipinski definition) is 7. The standard InChI is InChI=1S/C22H28N2O6S2/c1-4-30-20-7-5-17(14-21(20)32(27,28)24-9-11-29-12-10-24)23-22(26)8-6-19(25)18-13-15(2)31-16(18)3/h5,7,13-14H,4,6,8-12H2,1-3H3,(H,23,26). The smallest absolute Gasteiger partial charge is 0.246 e. The molecule has 0 bridgehead atoms. The lowest BCUT2D eigenvalue weighted by atomic mass is 10.1. The van der Waals surface area contributed by atoms with Gasteiger partial charge in [0.2, 0.25) is 15.9 Å². The minimum absolute atomic E-state index is 0.000463. The van der Waals surface area contributed by atoms with Gasteiger partial charge >= 0.3 is 0 Å². The highest BCUT2D eigenvalue weighted by molar-refractivity contribution is 7.89. The molecule has 0 spiro atoms. The van der Waals surface area contributed by atoms with Gasteiger partial charge in [0.25, 0.3) is 0 Å². The first-order valence-corrected chi connectivity index (χ1v) is 12.7. The number of nitrogens with one attached hydrogen (secondary N) is 1. The molecule has 1 aromatic heterocycles. The van der Waals surface area contributed by atoms with Crippen LogP contribution in [-0.2, 0) is 19.6 Å². The molecule has 2 aromatic rings. The Labute approximate surface area is 192 Å². The van der Waals surface area contributed by atoms with Gasteiger partial charge in [-0.2, -0.15) is 4.31 Å². The van der Waals surface area contributed by atoms with Crippen LogP contribution < -0.4 is 10.1 Å². The quantitative estimate of drug-likeness (QED) is 0.552. The second kappa shape index (κ2) is 10.6. The molecule has 1 N–H and O–H groups in total. The number of hydrogen-bond donors (Lipinski definition) is 1. The van der Waals surface area contributed by atoms with Gasteiger partial charge in [-0.1, -0.05) is 0 Å². The number of morpholine rings is 1. The molecule has 174 valence electrons. The molecule has 0 aliphatic carbocycles. The molecule has 8 nitrogen and oxygen atoms in total. The third-order valence-corrected chi connectivity index (χ3v) is 7.92. The number of anilines is 1. The number of ether oxygens (including phenoxy) is 2. The van der Waals surface area contributed by atoms with Gasteiger partial charge in [-0.3, -0.25) is 9.59 Å². The summed E-state index contributed by atoms with van der Waals surface area (Å²) in [7, 11) is -3.81. The van der Waals surface area contributed by atoms with Crippen LogP contribution in [-0.4, -0.2) is 57.3 Å². The van der Waals surface area contributed by atoms with Crippen molar-refractivity contribution >= 4 is 38.7 Å². The van der Waals surface area contributed by atoms with Crippen LogP contribution in [0.2, 0.25) is 0 Å². The third kappa shape index (κ3) is 5.74. The van der Waals surface area contributed by atoms with E-state index in [1.165, 1.54) is 16.4 Å². The number of rotatable bonds is 9. The molecule has 0 unspecified atom stereocenters. The largest absolute Gasteiger partial charge is 0.492 e. The van der Waals surface area contributed by atoms with E-state index in [2.05, 4.69) is 5.32 Å². The first-order chi connectivity index (χ1) is 15.2. The number of nitrogens with zero attached hydrogens (tertiary/aromatic N) is 1. The van der Waals surface area contributed by atoms with Crippen LogP contribution in [0.5, 0.6) is 5.75 Å². The fourth-order valence-electron chi connectivity index (χ4n) is 3.48. The summed E-state index contributed by atoms with van der Waals surface area (Å²) in [5, 5.41) is 2.70. The molecule has 1 aromatic carbocycles. The maximum absolute atomic E-state index is 13.2. The van der Waals surface area contributed by atoms with Gasteiger partial charge in [0.15, 0.2) is 5.78 Å². The molecular weight excluding hydrogens is 452 g/mol. The molecule has 32 heavy (non-hydrogen) atoms. The Morgan fingerprint density at radius 2 is 1.88 bits per heavy atom. The van der Waals surface area contributed by atoms with E-state index < -0.39 is 10.0 Å². The predicted molar refractivity (Wildman–Crippen MR) is 123 cm³/mol. The van der Waals surface area contributed by atoms with E-state index >= 15 is 0 Å². The van der Waals surface area contributed by atoms with Crippen molar-refractivity contribution in [3.05, 3.63) is 39.6 Å². The molecule has 10 heteroatoms. The number of carbonyl (C=O) groups is 2. The number of benzene rings is 1. The van der Waals surface area contributed by atoms with Crippen molar-refractivity contribution in [2.24, 2.45) is 0 Å². The normalized spacial score (nSPS) is 14.8. The second-order valence-corrected chi connectivity index (χ2v) is 10.8. The number of aryl methyl sites for hydroxylation is 2. The summed E-state index contributed by atoms with van der Waals surface area (Å²) >= 11 is 1.55. The highest BCUT2D eigenvalue weighted by Crippen LogP contribution is 2.30. The lowest BCUT2D eigenvalue weighted by Crippen LogP contribution is -2.40. The average molecular weight is 481 g/mol. The number of Topliss-reactive ketones (excluding diaryl/α,β-unsaturated/α-hetero) is 1. The van der Waals surface area contributed by atoms with Crippen molar-refractivity contribution in [3.63, 3.8) is 0 Å². The van der Waals surface area contributed by atoms with Gasteiger partial charge in [0, 0.05) is 46.9 Å². The monoisotopic (exact) mass is 480 g/mol. The second-order valence-electron chi connectivity index (χ2n) is 7.41. The maximum Gasteiger partial charge on any atom is 0.246 e. The molecular formula is C22H28N2O6S2. The van der Waals surface area contributed by atoms with Crippen molar-refractivity contribution in [2.45, 2.75) is 38.5 Å². The van der Waals surface area contributed by atoms with Crippen molar-refractivity contribution in [1.82, 2.24) is 4.31 Å². The Bertz CT molecular complexity index is 1090. The van der Waals surface area contributed by atoms with Gasteiger partial charge in [0.05, 0.1) is 19.8 Å². The van der Waals surface area contributed by atoms with E-state index in [1.54, 1.807) is 24.3 Å². The molecule has 1 aliphatic rings. The van der Waals surface area contributed by atoms with Crippen LogP contribution in [0.1, 0.15) is 39.9 Å². The van der Waals surface area contributed by atoms with Gasteiger partial charge in [-0.25, -0.2) is 8.42 Å². The van der Waals surface area contributed by atoms with E-state index in [0.29, 0.717) is 31.1 Å². The zero-order valence-electron chi connectivity index (χ0n) is 18.5. The fourth-order valence-corrected chi connectivity index (χ4v) is 5.99. The molecule has 3 rings (SSSR count). The lowest BCUT2D eigenvalue weighted by molar-refractivity contribution is -0.116. The van der Waals surface area contributed by atoms with E-state index in [4.69, 9.17) is 9.47 Å². The zero-order chi connectivity index (χ0) is 23.3. The number of amides is 1. The Morgan fingerprint density at radius 3 is 2.50 bits per heavy atom. The van der Waals surface area contributed by atoms with Crippen LogP contribution in [0.4, 0.5) is 5.69 Å². The molecule has 2 heterocycles. The molecule has 1 saturated heterocycles. The van der Waals surface area contributed by atoms with Crippen molar-refractivity contribution in [1.29, 1.82) is 0 Å². The Balaban J connectivity index is 1.72. The predicted octanol–water partition coefficient (Wildman–Crippen LogP) is 3.39. The van der Waals surface area contributed by atoms with Crippen LogP contribution >= 0.6 is 11.3 Å². The van der Waals surface area contributed by atoms with Crippen molar-refractivity contribution in [2.75, 3.05) is 38.2 Å². The Kier molecular flexibility index (Phi) is 8.05. The summed E-state index contributed by atoms with van der Waals surface area (Å²) in [6.45, 7) is 7.09. The van der Waals surface area contributed by atoms with Gasteiger partial charge in [0.1, 0.15) is 10.6 Å². The van der Waals surface area contributed by atoms with E-state index in [9.17, 15) is 18.0 Å². The third-order valence-electron chi connectivity index (χ3n) is 5.04. The minimum Gasteiger partial charge on any atom is -0.492 e. The van der Waals surface area contributed by atoms with Gasteiger partial charge in [-0.05, 0) is 45.0 Å². The summed E-state index contributed by atoms with van der Waals surface area (Å²) in [6, 6.07) is 6.38. The van der Waals surface area contributed by atoms with Crippen LogP contribution in [0, 0.1) is 13.8 Å². The van der Waals surface area contributed by atoms with E-state index in [-0.39, 0.29) is 48.3 Å². The molecule has 1 fully saturated rings. The molecule has 1 aliphatic heterocycles. The van der Waals surface area contributed by atoms with Crippen molar-refractivity contribution in [3.8, 4) is 5.75 Å². The highest BCUT2D eigenvalue weighted by atomic mass is 32.2. The minimum atomic E-state index is -3.81. The number of sulfonamides is 1. The molecule has 0 atom stereocenters. The highest BCUT2D eigenvalue weighted by Gasteiger charge is 2.30.